The van der Waals surface area contributed by atoms with Crippen molar-refractivity contribution in [2.45, 2.75) is 84.4 Å². The molecule has 0 radical (unpaired) electrons. The van der Waals surface area contributed by atoms with Gasteiger partial charge in [0, 0.05) is 48.0 Å². The number of hydrogen-bond donors (Lipinski definition) is 4. The minimum absolute atomic E-state index is 0.0921. The zero-order chi connectivity index (χ0) is 23.9. The fourth-order valence-electron chi connectivity index (χ4n) is 6.00. The number of carbonyl (C=O) groups is 1. The Hall–Kier alpha value is -2.05. The van der Waals surface area contributed by atoms with E-state index in [0.29, 0.717) is 13.1 Å². The molecule has 2 heterocycles. The predicted molar refractivity (Wildman–Crippen MR) is 135 cm³/mol. The number of aliphatic hydroxyl groups excluding tert-OH is 1. The maximum Gasteiger partial charge on any atom is 0.237 e. The van der Waals surface area contributed by atoms with E-state index in [1.807, 2.05) is 45.2 Å². The average molecular weight is 455 g/mol. The van der Waals surface area contributed by atoms with Crippen molar-refractivity contribution in [2.75, 3.05) is 25.0 Å². The van der Waals surface area contributed by atoms with Gasteiger partial charge in [0.15, 0.2) is 0 Å². The molecule has 1 aromatic heterocycles. The van der Waals surface area contributed by atoms with E-state index in [9.17, 15) is 9.90 Å². The van der Waals surface area contributed by atoms with Crippen LogP contribution in [0.2, 0.25) is 0 Å². The third-order valence-corrected chi connectivity index (χ3v) is 8.14. The molecule has 4 atom stereocenters. The highest BCUT2D eigenvalue weighted by Crippen LogP contribution is 2.56. The lowest BCUT2D eigenvalue weighted by atomic mass is 9.53. The summed E-state index contributed by atoms with van der Waals surface area (Å²) in [5, 5.41) is 18.7. The third kappa shape index (κ3) is 5.22. The van der Waals surface area contributed by atoms with Crippen molar-refractivity contribution >= 4 is 22.5 Å². The topological polar surface area (TPSA) is 80.4 Å². The SMILES string of the molecule is CC(C)(C)NC(=O)[C@@H]1C[C@]2(C)CCCC[C@]2(C)CN1C[C@@H](O)CNc1ccc2[nH]ccc2c1. The van der Waals surface area contributed by atoms with Gasteiger partial charge < -0.3 is 20.7 Å². The molecular weight excluding hydrogens is 412 g/mol. The number of fused-ring (bicyclic) bond motifs is 2. The summed E-state index contributed by atoms with van der Waals surface area (Å²) < 4.78 is 0. The maximum absolute atomic E-state index is 13.4. The number of aliphatic hydroxyl groups is 1. The summed E-state index contributed by atoms with van der Waals surface area (Å²) in [7, 11) is 0. The fraction of sp³-hybridized carbons (Fsp3) is 0.667. The fourth-order valence-corrected chi connectivity index (χ4v) is 6.00. The maximum atomic E-state index is 13.4. The Balaban J connectivity index is 1.46. The van der Waals surface area contributed by atoms with E-state index in [0.717, 1.165) is 29.6 Å². The summed E-state index contributed by atoms with van der Waals surface area (Å²) in [4.78, 5) is 18.8. The molecule has 1 aromatic carbocycles. The summed E-state index contributed by atoms with van der Waals surface area (Å²) in [6.45, 7) is 12.7. The van der Waals surface area contributed by atoms with Crippen molar-refractivity contribution in [3.8, 4) is 0 Å². The van der Waals surface area contributed by atoms with Crippen LogP contribution in [0, 0.1) is 10.8 Å². The molecule has 182 valence electrons. The first kappa shape index (κ1) is 24.1. The van der Waals surface area contributed by atoms with Crippen LogP contribution in [0.4, 0.5) is 5.69 Å². The highest BCUT2D eigenvalue weighted by atomic mass is 16.3. The highest BCUT2D eigenvalue weighted by Gasteiger charge is 2.54. The predicted octanol–water partition coefficient (Wildman–Crippen LogP) is 4.52. The van der Waals surface area contributed by atoms with Crippen molar-refractivity contribution in [3.05, 3.63) is 30.5 Å². The van der Waals surface area contributed by atoms with Gasteiger partial charge in [-0.15, -0.1) is 0 Å². The van der Waals surface area contributed by atoms with Gasteiger partial charge in [0.05, 0.1) is 12.1 Å². The molecule has 33 heavy (non-hydrogen) atoms. The molecule has 6 nitrogen and oxygen atoms in total. The van der Waals surface area contributed by atoms with Crippen molar-refractivity contribution in [3.63, 3.8) is 0 Å². The lowest BCUT2D eigenvalue weighted by Crippen LogP contribution is -2.64. The van der Waals surface area contributed by atoms with Crippen LogP contribution in [-0.4, -0.2) is 58.2 Å². The molecule has 2 aliphatic rings. The highest BCUT2D eigenvalue weighted by molar-refractivity contribution is 5.83. The smallest absolute Gasteiger partial charge is 0.237 e. The van der Waals surface area contributed by atoms with Crippen LogP contribution in [0.3, 0.4) is 0 Å². The number of carbonyl (C=O) groups excluding carboxylic acids is 1. The lowest BCUT2D eigenvalue weighted by Gasteiger charge is -2.59. The van der Waals surface area contributed by atoms with Crippen LogP contribution in [0.5, 0.6) is 0 Å². The van der Waals surface area contributed by atoms with E-state index in [1.165, 1.54) is 25.7 Å². The second-order valence-electron chi connectivity index (χ2n) is 12.0. The van der Waals surface area contributed by atoms with Crippen LogP contribution in [-0.2, 0) is 4.79 Å². The van der Waals surface area contributed by atoms with E-state index < -0.39 is 6.10 Å². The number of likely N-dealkylation sites (tertiary alicyclic amines) is 1. The number of H-pyrrole nitrogens is 1. The van der Waals surface area contributed by atoms with E-state index in [2.05, 4.69) is 40.4 Å². The first-order valence-corrected chi connectivity index (χ1v) is 12.5. The number of hydrogen-bond acceptors (Lipinski definition) is 4. The largest absolute Gasteiger partial charge is 0.390 e. The number of nitrogens with zero attached hydrogens (tertiary/aromatic N) is 1. The van der Waals surface area contributed by atoms with Crippen molar-refractivity contribution in [1.82, 2.24) is 15.2 Å². The number of benzene rings is 1. The molecule has 2 fully saturated rings. The van der Waals surface area contributed by atoms with Crippen LogP contribution in [0.15, 0.2) is 30.5 Å². The Kier molecular flexibility index (Phi) is 6.53. The van der Waals surface area contributed by atoms with Crippen molar-refractivity contribution in [2.24, 2.45) is 10.8 Å². The first-order chi connectivity index (χ1) is 15.5. The van der Waals surface area contributed by atoms with Gasteiger partial charge in [-0.3, -0.25) is 9.69 Å². The quantitative estimate of drug-likeness (QED) is 0.518. The molecule has 4 rings (SSSR count). The van der Waals surface area contributed by atoms with Gasteiger partial charge in [-0.05, 0) is 75.1 Å². The molecular formula is C27H42N4O2. The molecule has 0 spiro atoms. The van der Waals surface area contributed by atoms with Crippen molar-refractivity contribution in [1.29, 1.82) is 0 Å². The van der Waals surface area contributed by atoms with Crippen molar-refractivity contribution < 1.29 is 9.90 Å². The zero-order valence-corrected chi connectivity index (χ0v) is 21.0. The first-order valence-electron chi connectivity index (χ1n) is 12.5. The Bertz CT molecular complexity index is 980. The number of rotatable bonds is 6. The summed E-state index contributed by atoms with van der Waals surface area (Å²) in [5.74, 6) is 0.0921. The summed E-state index contributed by atoms with van der Waals surface area (Å²) in [5.41, 5.74) is 2.17. The van der Waals surface area contributed by atoms with Crippen LogP contribution in [0.25, 0.3) is 10.9 Å². The van der Waals surface area contributed by atoms with Gasteiger partial charge in [-0.25, -0.2) is 0 Å². The molecule has 0 bridgehead atoms. The molecule has 1 aliphatic heterocycles. The number of aromatic nitrogens is 1. The molecule has 1 amide bonds. The minimum atomic E-state index is -0.562. The van der Waals surface area contributed by atoms with E-state index >= 15 is 0 Å². The van der Waals surface area contributed by atoms with Gasteiger partial charge in [0.2, 0.25) is 5.91 Å². The van der Waals surface area contributed by atoms with E-state index in [4.69, 9.17) is 0 Å². The van der Waals surface area contributed by atoms with E-state index in [-0.39, 0.29) is 28.3 Å². The Morgan fingerprint density at radius 1 is 1.21 bits per heavy atom. The molecule has 1 saturated heterocycles. The normalized spacial score (nSPS) is 29.5. The van der Waals surface area contributed by atoms with Gasteiger partial charge in [0.25, 0.3) is 0 Å². The monoisotopic (exact) mass is 454 g/mol. The average Bonchev–Trinajstić information content (AvgIpc) is 3.19. The number of amides is 1. The molecule has 0 unspecified atom stereocenters. The van der Waals surface area contributed by atoms with Crippen LogP contribution in [0.1, 0.15) is 66.7 Å². The van der Waals surface area contributed by atoms with Gasteiger partial charge in [-0.1, -0.05) is 26.7 Å². The second-order valence-corrected chi connectivity index (χ2v) is 12.0. The lowest BCUT2D eigenvalue weighted by molar-refractivity contribution is -0.143. The summed E-state index contributed by atoms with van der Waals surface area (Å²) in [6.07, 6.45) is 7.11. The van der Waals surface area contributed by atoms with Crippen LogP contribution < -0.4 is 10.6 Å². The molecule has 1 aliphatic carbocycles. The zero-order valence-electron chi connectivity index (χ0n) is 21.0. The number of anilines is 1. The molecule has 6 heteroatoms. The van der Waals surface area contributed by atoms with Gasteiger partial charge >= 0.3 is 0 Å². The number of nitrogens with one attached hydrogen (secondary N) is 3. The molecule has 1 saturated carbocycles. The standard InChI is InChI=1S/C27H42N4O2/c1-25(2,3)30-24(33)23-15-26(4)11-6-7-12-27(26,5)18-31(23)17-21(32)16-29-20-8-9-22-19(14-20)10-13-28-22/h8-10,13-14,21,23,28-29,32H,6-7,11-12,15-18H2,1-5H3,(H,30,33)/t21-,23-,26-,27+/m0/s1. The number of aromatic amines is 1. The van der Waals surface area contributed by atoms with Gasteiger partial charge in [-0.2, -0.15) is 0 Å². The molecule has 4 N–H and O–H groups in total. The second kappa shape index (κ2) is 8.95. The van der Waals surface area contributed by atoms with Gasteiger partial charge in [0.1, 0.15) is 0 Å². The van der Waals surface area contributed by atoms with E-state index in [1.54, 1.807) is 0 Å². The summed E-state index contributed by atoms with van der Waals surface area (Å²) >= 11 is 0. The van der Waals surface area contributed by atoms with Crippen LogP contribution >= 0.6 is 0 Å². The Labute approximate surface area is 198 Å². The number of piperidine rings is 1. The summed E-state index contributed by atoms with van der Waals surface area (Å²) in [6, 6.07) is 8.01. The number of β-amino-alcohol motifs (C(OH)–C–C–N with tert-alkyl or cyclic N) is 1. The molecule has 2 aromatic rings. The Morgan fingerprint density at radius 2 is 1.94 bits per heavy atom. The third-order valence-electron chi connectivity index (χ3n) is 8.14. The Morgan fingerprint density at radius 3 is 2.67 bits per heavy atom. The minimum Gasteiger partial charge on any atom is -0.390 e.